The topological polar surface area (TPSA) is 12.0 Å². The molecule has 0 amide bonds. The van der Waals surface area contributed by atoms with E-state index in [1.807, 2.05) is 13.1 Å². The van der Waals surface area contributed by atoms with Gasteiger partial charge in [0.2, 0.25) is 0 Å². The molecule has 2 heteroatoms. The van der Waals surface area contributed by atoms with Crippen LogP contribution in [0.5, 0.6) is 0 Å². The summed E-state index contributed by atoms with van der Waals surface area (Å²) in [6, 6.07) is 17.6. The fourth-order valence-corrected chi connectivity index (χ4v) is 2.71. The lowest BCUT2D eigenvalue weighted by atomic mass is 10.00. The number of rotatable bonds is 4. The number of hydrogen-bond donors (Lipinski definition) is 1. The molecule has 0 aromatic heterocycles. The molecular formula is C16H18BrN. The highest BCUT2D eigenvalue weighted by Gasteiger charge is 2.07. The zero-order chi connectivity index (χ0) is 13.0. The van der Waals surface area contributed by atoms with Gasteiger partial charge in [0.1, 0.15) is 0 Å². The second-order valence-corrected chi connectivity index (χ2v) is 5.21. The number of hydrogen-bond acceptors (Lipinski definition) is 1. The van der Waals surface area contributed by atoms with Crippen molar-refractivity contribution < 1.29 is 0 Å². The van der Waals surface area contributed by atoms with E-state index in [1.54, 1.807) is 0 Å². The van der Waals surface area contributed by atoms with Crippen LogP contribution < -0.4 is 5.32 Å². The van der Waals surface area contributed by atoms with Crippen LogP contribution in [-0.2, 0) is 0 Å². The van der Waals surface area contributed by atoms with Gasteiger partial charge in [0, 0.05) is 10.5 Å². The molecule has 1 nitrogen and oxygen atoms in total. The van der Waals surface area contributed by atoms with E-state index < -0.39 is 0 Å². The van der Waals surface area contributed by atoms with Gasteiger partial charge in [0.05, 0.1) is 0 Å². The van der Waals surface area contributed by atoms with Gasteiger partial charge >= 0.3 is 0 Å². The van der Waals surface area contributed by atoms with Crippen LogP contribution in [-0.4, -0.2) is 7.05 Å². The van der Waals surface area contributed by atoms with E-state index >= 15 is 0 Å². The Hall–Kier alpha value is -1.12. The van der Waals surface area contributed by atoms with Gasteiger partial charge < -0.3 is 5.32 Å². The van der Waals surface area contributed by atoms with Crippen molar-refractivity contribution in [2.24, 2.45) is 0 Å². The smallest absolute Gasteiger partial charge is 0.0314 e. The molecule has 0 saturated heterocycles. The Bertz CT molecular complexity index is 501. The first-order valence-electron chi connectivity index (χ1n) is 6.28. The standard InChI is InChI=1S/C16H18BrN/c1-3-16(18-2)13-10-8-12(9-11-13)14-6-4-5-7-15(14)17/h4-11,16,18H,3H2,1-2H3. The monoisotopic (exact) mass is 303 g/mol. The van der Waals surface area contributed by atoms with Crippen molar-refractivity contribution in [1.29, 1.82) is 0 Å². The summed E-state index contributed by atoms with van der Waals surface area (Å²) in [6.45, 7) is 2.20. The SMILES string of the molecule is CCC(NC)c1ccc(-c2ccccc2Br)cc1. The maximum absolute atomic E-state index is 3.60. The summed E-state index contributed by atoms with van der Waals surface area (Å²) in [7, 11) is 2.01. The van der Waals surface area contributed by atoms with Crippen LogP contribution >= 0.6 is 15.9 Å². The summed E-state index contributed by atoms with van der Waals surface area (Å²) in [5.74, 6) is 0. The second kappa shape index (κ2) is 6.17. The molecule has 1 atom stereocenters. The molecule has 94 valence electrons. The molecule has 1 N–H and O–H groups in total. The minimum Gasteiger partial charge on any atom is -0.313 e. The number of nitrogens with one attached hydrogen (secondary N) is 1. The molecule has 0 heterocycles. The average Bonchev–Trinajstić information content (AvgIpc) is 2.42. The lowest BCUT2D eigenvalue weighted by Gasteiger charge is -2.15. The highest BCUT2D eigenvalue weighted by molar-refractivity contribution is 9.10. The minimum atomic E-state index is 0.443. The second-order valence-electron chi connectivity index (χ2n) is 4.35. The Kier molecular flexibility index (Phi) is 4.56. The van der Waals surface area contributed by atoms with E-state index in [9.17, 15) is 0 Å². The fourth-order valence-electron chi connectivity index (χ4n) is 2.20. The summed E-state index contributed by atoms with van der Waals surface area (Å²) in [6.07, 6.45) is 1.10. The summed E-state index contributed by atoms with van der Waals surface area (Å²) < 4.78 is 1.14. The molecule has 18 heavy (non-hydrogen) atoms. The fraction of sp³-hybridized carbons (Fsp3) is 0.250. The van der Waals surface area contributed by atoms with Crippen LogP contribution in [0.3, 0.4) is 0 Å². The first kappa shape index (κ1) is 13.3. The molecular weight excluding hydrogens is 286 g/mol. The predicted molar refractivity (Wildman–Crippen MR) is 81.7 cm³/mol. The first-order valence-corrected chi connectivity index (χ1v) is 7.07. The van der Waals surface area contributed by atoms with E-state index in [0.29, 0.717) is 6.04 Å². The first-order chi connectivity index (χ1) is 8.76. The molecule has 0 saturated carbocycles. The van der Waals surface area contributed by atoms with Crippen molar-refractivity contribution in [1.82, 2.24) is 5.32 Å². The number of benzene rings is 2. The largest absolute Gasteiger partial charge is 0.313 e. The molecule has 0 aliphatic carbocycles. The summed E-state index contributed by atoms with van der Waals surface area (Å²) in [5, 5.41) is 3.33. The van der Waals surface area contributed by atoms with Crippen LogP contribution in [0.15, 0.2) is 53.0 Å². The van der Waals surface area contributed by atoms with Crippen molar-refractivity contribution in [3.8, 4) is 11.1 Å². The maximum atomic E-state index is 3.60. The normalized spacial score (nSPS) is 12.4. The molecule has 0 spiro atoms. The van der Waals surface area contributed by atoms with Gasteiger partial charge in [-0.1, -0.05) is 65.3 Å². The van der Waals surface area contributed by atoms with Gasteiger partial charge in [-0.25, -0.2) is 0 Å². The van der Waals surface area contributed by atoms with Crippen molar-refractivity contribution in [2.45, 2.75) is 19.4 Å². The minimum absolute atomic E-state index is 0.443. The third-order valence-electron chi connectivity index (χ3n) is 3.25. The highest BCUT2D eigenvalue weighted by atomic mass is 79.9. The van der Waals surface area contributed by atoms with E-state index in [-0.39, 0.29) is 0 Å². The molecule has 0 bridgehead atoms. The van der Waals surface area contributed by atoms with Crippen molar-refractivity contribution in [3.63, 3.8) is 0 Å². The Morgan fingerprint density at radius 1 is 1.06 bits per heavy atom. The molecule has 2 rings (SSSR count). The van der Waals surface area contributed by atoms with Crippen LogP contribution in [0.25, 0.3) is 11.1 Å². The molecule has 2 aromatic rings. The van der Waals surface area contributed by atoms with E-state index in [4.69, 9.17) is 0 Å². The third-order valence-corrected chi connectivity index (χ3v) is 3.95. The summed E-state index contributed by atoms with van der Waals surface area (Å²) in [5.41, 5.74) is 3.83. The molecule has 0 aliphatic rings. The molecule has 0 aliphatic heterocycles. The molecule has 2 aromatic carbocycles. The third kappa shape index (κ3) is 2.82. The van der Waals surface area contributed by atoms with E-state index in [1.165, 1.54) is 16.7 Å². The highest BCUT2D eigenvalue weighted by Crippen LogP contribution is 2.29. The van der Waals surface area contributed by atoms with Crippen LogP contribution in [0.4, 0.5) is 0 Å². The van der Waals surface area contributed by atoms with Gasteiger partial charge in [-0.05, 0) is 36.2 Å². The van der Waals surface area contributed by atoms with Gasteiger partial charge in [-0.3, -0.25) is 0 Å². The predicted octanol–water partition coefficient (Wildman–Crippen LogP) is 4.79. The Morgan fingerprint density at radius 3 is 2.28 bits per heavy atom. The molecule has 0 radical (unpaired) electrons. The van der Waals surface area contributed by atoms with Crippen molar-refractivity contribution in [3.05, 3.63) is 58.6 Å². The van der Waals surface area contributed by atoms with E-state index in [2.05, 4.69) is 70.6 Å². The Balaban J connectivity index is 2.30. The van der Waals surface area contributed by atoms with Crippen LogP contribution in [0.1, 0.15) is 24.9 Å². The lowest BCUT2D eigenvalue weighted by molar-refractivity contribution is 0.577. The quantitative estimate of drug-likeness (QED) is 0.856. The molecule has 0 fully saturated rings. The zero-order valence-electron chi connectivity index (χ0n) is 10.8. The van der Waals surface area contributed by atoms with Crippen LogP contribution in [0, 0.1) is 0 Å². The van der Waals surface area contributed by atoms with Gasteiger partial charge in [-0.15, -0.1) is 0 Å². The van der Waals surface area contributed by atoms with Gasteiger partial charge in [0.15, 0.2) is 0 Å². The van der Waals surface area contributed by atoms with Gasteiger partial charge in [0.25, 0.3) is 0 Å². The maximum Gasteiger partial charge on any atom is 0.0314 e. The lowest BCUT2D eigenvalue weighted by Crippen LogP contribution is -2.14. The Morgan fingerprint density at radius 2 is 1.72 bits per heavy atom. The van der Waals surface area contributed by atoms with E-state index in [0.717, 1.165) is 10.9 Å². The number of halogens is 1. The molecule has 1 unspecified atom stereocenters. The average molecular weight is 304 g/mol. The van der Waals surface area contributed by atoms with Gasteiger partial charge in [-0.2, -0.15) is 0 Å². The van der Waals surface area contributed by atoms with Crippen molar-refractivity contribution >= 4 is 15.9 Å². The Labute approximate surface area is 117 Å². The zero-order valence-corrected chi connectivity index (χ0v) is 12.4. The summed E-state index contributed by atoms with van der Waals surface area (Å²) in [4.78, 5) is 0. The van der Waals surface area contributed by atoms with Crippen molar-refractivity contribution in [2.75, 3.05) is 7.05 Å². The summed E-state index contributed by atoms with van der Waals surface area (Å²) >= 11 is 3.60. The van der Waals surface area contributed by atoms with Crippen LogP contribution in [0.2, 0.25) is 0 Å².